The van der Waals surface area contributed by atoms with Gasteiger partial charge in [-0.15, -0.1) is 0 Å². The van der Waals surface area contributed by atoms with Gasteiger partial charge in [0.15, 0.2) is 5.69 Å². The Balaban J connectivity index is 1.87. The number of amides is 1. The van der Waals surface area contributed by atoms with Gasteiger partial charge in [0.2, 0.25) is 0 Å². The van der Waals surface area contributed by atoms with Gasteiger partial charge in [0.25, 0.3) is 5.91 Å². The minimum absolute atomic E-state index is 0.0454. The molecule has 1 aromatic heterocycles. The van der Waals surface area contributed by atoms with Gasteiger partial charge in [-0.1, -0.05) is 0 Å². The zero-order valence-corrected chi connectivity index (χ0v) is 10.9. The fraction of sp³-hybridized carbons (Fsp3) is 0.750. The van der Waals surface area contributed by atoms with Crippen LogP contribution in [0.3, 0.4) is 0 Å². The highest BCUT2D eigenvalue weighted by Gasteiger charge is 2.40. The molecular weight excluding hydrogens is 230 g/mol. The molecule has 2 aliphatic rings. The van der Waals surface area contributed by atoms with Crippen molar-refractivity contribution in [3.8, 4) is 0 Å². The van der Waals surface area contributed by atoms with Crippen LogP contribution in [0.4, 0.5) is 0 Å². The average Bonchev–Trinajstić information content (AvgIpc) is 2.87. The van der Waals surface area contributed by atoms with Crippen LogP contribution in [0.5, 0.6) is 0 Å². The topological polar surface area (TPSA) is 65.1 Å². The van der Waals surface area contributed by atoms with Crippen LogP contribution in [-0.2, 0) is 0 Å². The summed E-state index contributed by atoms with van der Waals surface area (Å²) < 4.78 is 0. The maximum Gasteiger partial charge on any atom is 0.276 e. The van der Waals surface area contributed by atoms with Crippen molar-refractivity contribution in [3.63, 3.8) is 0 Å². The second-order valence-corrected chi connectivity index (χ2v) is 5.41. The molecular formula is C12H19N5O. The lowest BCUT2D eigenvalue weighted by Crippen LogP contribution is -2.43. The number of likely N-dealkylation sites (N-methyl/N-ethyl adjacent to an activating group) is 1. The van der Waals surface area contributed by atoms with E-state index in [0.717, 1.165) is 32.4 Å². The highest BCUT2D eigenvalue weighted by Crippen LogP contribution is 2.31. The Kier molecular flexibility index (Phi) is 2.81. The summed E-state index contributed by atoms with van der Waals surface area (Å²) >= 11 is 0. The average molecular weight is 249 g/mol. The predicted octanol–water partition coefficient (Wildman–Crippen LogP) is 0.422. The third-order valence-corrected chi connectivity index (χ3v) is 4.15. The fourth-order valence-corrected chi connectivity index (χ4v) is 3.18. The van der Waals surface area contributed by atoms with Gasteiger partial charge < -0.3 is 9.80 Å². The van der Waals surface area contributed by atoms with Gasteiger partial charge in [-0.2, -0.15) is 15.4 Å². The second-order valence-electron chi connectivity index (χ2n) is 5.41. The van der Waals surface area contributed by atoms with Gasteiger partial charge in [-0.05, 0) is 39.8 Å². The first-order valence-electron chi connectivity index (χ1n) is 6.55. The Morgan fingerprint density at radius 1 is 1.28 bits per heavy atom. The molecule has 1 N–H and O–H groups in total. The number of hydrogen-bond acceptors (Lipinski definition) is 4. The second kappa shape index (κ2) is 4.35. The van der Waals surface area contributed by atoms with Crippen molar-refractivity contribution in [2.45, 2.75) is 38.3 Å². The van der Waals surface area contributed by atoms with Crippen LogP contribution in [0.25, 0.3) is 0 Å². The lowest BCUT2D eigenvalue weighted by molar-refractivity contribution is 0.0666. The van der Waals surface area contributed by atoms with E-state index < -0.39 is 0 Å². The third kappa shape index (κ3) is 1.80. The molecule has 2 aliphatic heterocycles. The minimum atomic E-state index is 0.0454. The van der Waals surface area contributed by atoms with Crippen LogP contribution < -0.4 is 0 Å². The van der Waals surface area contributed by atoms with Gasteiger partial charge in [-0.3, -0.25) is 4.79 Å². The molecule has 6 nitrogen and oxygen atoms in total. The lowest BCUT2D eigenvalue weighted by Gasteiger charge is -2.27. The monoisotopic (exact) mass is 249 g/mol. The molecule has 1 amide bonds. The molecule has 0 saturated carbocycles. The van der Waals surface area contributed by atoms with E-state index in [1.165, 1.54) is 0 Å². The molecule has 2 atom stereocenters. The van der Waals surface area contributed by atoms with Crippen molar-refractivity contribution in [2.75, 3.05) is 20.1 Å². The van der Waals surface area contributed by atoms with Crippen molar-refractivity contribution in [1.82, 2.24) is 25.2 Å². The third-order valence-electron chi connectivity index (χ3n) is 4.15. The van der Waals surface area contributed by atoms with Gasteiger partial charge >= 0.3 is 0 Å². The Morgan fingerprint density at radius 2 is 2.06 bits per heavy atom. The van der Waals surface area contributed by atoms with Crippen LogP contribution in [0.1, 0.15) is 35.4 Å². The van der Waals surface area contributed by atoms with Crippen LogP contribution in [0.15, 0.2) is 0 Å². The van der Waals surface area contributed by atoms with Crippen LogP contribution in [-0.4, -0.2) is 63.3 Å². The number of nitrogens with zero attached hydrogens (tertiary/aromatic N) is 4. The number of aromatic amines is 1. The predicted molar refractivity (Wildman–Crippen MR) is 66.2 cm³/mol. The van der Waals surface area contributed by atoms with Crippen LogP contribution >= 0.6 is 0 Å². The van der Waals surface area contributed by atoms with E-state index in [0.29, 0.717) is 23.5 Å². The molecule has 18 heavy (non-hydrogen) atoms. The molecule has 3 rings (SSSR count). The summed E-state index contributed by atoms with van der Waals surface area (Å²) in [5.41, 5.74) is 1.17. The summed E-state index contributed by atoms with van der Waals surface area (Å²) in [6.45, 7) is 3.87. The number of fused-ring (bicyclic) bond motifs is 2. The summed E-state index contributed by atoms with van der Waals surface area (Å²) in [5.74, 6) is 0.0454. The summed E-state index contributed by atoms with van der Waals surface area (Å²) in [4.78, 5) is 17.0. The maximum atomic E-state index is 12.6. The number of aryl methyl sites for hydroxylation is 1. The summed E-state index contributed by atoms with van der Waals surface area (Å²) in [6, 6.07) is 0.717. The largest absolute Gasteiger partial charge is 0.330 e. The van der Waals surface area contributed by atoms with Gasteiger partial charge in [0.05, 0.1) is 5.69 Å². The van der Waals surface area contributed by atoms with Gasteiger partial charge in [0, 0.05) is 18.6 Å². The Bertz CT molecular complexity index is 457. The first kappa shape index (κ1) is 11.6. The van der Waals surface area contributed by atoms with E-state index in [2.05, 4.69) is 27.4 Å². The number of hydrogen-bond donors (Lipinski definition) is 1. The fourth-order valence-electron chi connectivity index (χ4n) is 3.18. The molecule has 0 unspecified atom stereocenters. The number of carbonyl (C=O) groups is 1. The molecule has 1 aromatic rings. The Labute approximate surface area is 106 Å². The maximum absolute atomic E-state index is 12.6. The molecule has 2 saturated heterocycles. The number of nitrogens with one attached hydrogen (secondary N) is 1. The van der Waals surface area contributed by atoms with E-state index in [9.17, 15) is 4.79 Å². The first-order chi connectivity index (χ1) is 8.66. The highest BCUT2D eigenvalue weighted by atomic mass is 16.2. The number of H-pyrrole nitrogens is 1. The van der Waals surface area contributed by atoms with Crippen molar-refractivity contribution in [1.29, 1.82) is 0 Å². The van der Waals surface area contributed by atoms with Crippen molar-refractivity contribution >= 4 is 5.91 Å². The van der Waals surface area contributed by atoms with Crippen LogP contribution in [0, 0.1) is 6.92 Å². The van der Waals surface area contributed by atoms with E-state index in [4.69, 9.17) is 0 Å². The molecule has 0 aliphatic carbocycles. The molecule has 6 heteroatoms. The zero-order valence-electron chi connectivity index (χ0n) is 10.9. The minimum Gasteiger partial charge on any atom is -0.330 e. The zero-order chi connectivity index (χ0) is 12.7. The quantitative estimate of drug-likeness (QED) is 0.783. The first-order valence-corrected chi connectivity index (χ1v) is 6.55. The molecule has 98 valence electrons. The van der Waals surface area contributed by atoms with E-state index >= 15 is 0 Å². The Morgan fingerprint density at radius 3 is 2.78 bits per heavy atom. The molecule has 3 heterocycles. The summed E-state index contributed by atoms with van der Waals surface area (Å²) in [5, 5.41) is 10.5. The SMILES string of the molecule is Cc1n[nH]nc1C(=O)N1[C@@H]2CC[C@H]1CN(C)CC2. The van der Waals surface area contributed by atoms with Crippen molar-refractivity contribution in [3.05, 3.63) is 11.4 Å². The summed E-state index contributed by atoms with van der Waals surface area (Å²) in [6.07, 6.45) is 3.30. The molecule has 0 radical (unpaired) electrons. The van der Waals surface area contributed by atoms with Crippen molar-refractivity contribution in [2.24, 2.45) is 0 Å². The number of likely N-dealkylation sites (tertiary alicyclic amines) is 1. The Hall–Kier alpha value is -1.43. The standard InChI is InChI=1S/C12H19N5O/c1-8-11(14-15-13-8)12(18)17-9-3-4-10(17)7-16(2)6-5-9/h9-10H,3-7H2,1-2H3,(H,13,14,15)/t9-,10+/m1/s1. The number of carbonyl (C=O) groups excluding carboxylic acids is 1. The molecule has 2 bridgehead atoms. The highest BCUT2D eigenvalue weighted by molar-refractivity contribution is 5.93. The van der Waals surface area contributed by atoms with Crippen LogP contribution in [0.2, 0.25) is 0 Å². The normalized spacial score (nSPS) is 28.4. The smallest absolute Gasteiger partial charge is 0.276 e. The van der Waals surface area contributed by atoms with Gasteiger partial charge in [0.1, 0.15) is 0 Å². The van der Waals surface area contributed by atoms with Gasteiger partial charge in [-0.25, -0.2) is 0 Å². The van der Waals surface area contributed by atoms with E-state index in [1.807, 2.05) is 11.8 Å². The summed E-state index contributed by atoms with van der Waals surface area (Å²) in [7, 11) is 2.13. The number of rotatable bonds is 1. The molecule has 0 spiro atoms. The molecule has 2 fully saturated rings. The van der Waals surface area contributed by atoms with E-state index in [-0.39, 0.29) is 5.91 Å². The van der Waals surface area contributed by atoms with E-state index in [1.54, 1.807) is 0 Å². The molecule has 0 aromatic carbocycles. The lowest BCUT2D eigenvalue weighted by atomic mass is 10.1. The number of aromatic nitrogens is 3. The van der Waals surface area contributed by atoms with Crippen molar-refractivity contribution < 1.29 is 4.79 Å².